The van der Waals surface area contributed by atoms with Crippen molar-refractivity contribution in [3.8, 4) is 0 Å². The molecule has 0 aliphatic carbocycles. The quantitative estimate of drug-likeness (QED) is 0.812. The van der Waals surface area contributed by atoms with Gasteiger partial charge in [-0.3, -0.25) is 3.97 Å². The highest BCUT2D eigenvalue weighted by Gasteiger charge is 2.36. The minimum Gasteiger partial charge on any atom is -0.461 e. The Morgan fingerprint density at radius 2 is 2.35 bits per heavy atom. The maximum Gasteiger partial charge on any atom is 0.358 e. The van der Waals surface area contributed by atoms with Crippen molar-refractivity contribution in [1.29, 1.82) is 0 Å². The van der Waals surface area contributed by atoms with Gasteiger partial charge in [0.1, 0.15) is 6.33 Å². The molecule has 104 valence electrons. The van der Waals surface area contributed by atoms with Gasteiger partial charge >= 0.3 is 5.97 Å². The van der Waals surface area contributed by atoms with E-state index in [-0.39, 0.29) is 11.2 Å². The molecule has 1 aliphatic rings. The lowest BCUT2D eigenvalue weighted by Gasteiger charge is -2.29. The summed E-state index contributed by atoms with van der Waals surface area (Å²) in [6.45, 7) is 4.16. The van der Waals surface area contributed by atoms with Crippen LogP contribution in [0.3, 0.4) is 0 Å². The van der Waals surface area contributed by atoms with Crippen molar-refractivity contribution in [2.75, 3.05) is 6.61 Å². The molecule has 20 heavy (non-hydrogen) atoms. The Morgan fingerprint density at radius 3 is 3.05 bits per heavy atom. The van der Waals surface area contributed by atoms with E-state index in [0.717, 1.165) is 21.8 Å². The van der Waals surface area contributed by atoms with E-state index in [0.29, 0.717) is 12.3 Å². The fourth-order valence-corrected chi connectivity index (χ4v) is 3.68. The van der Waals surface area contributed by atoms with Gasteiger partial charge in [0.15, 0.2) is 5.69 Å². The number of carbonyl (C=O) groups is 1. The highest BCUT2D eigenvalue weighted by Crippen LogP contribution is 2.49. The summed E-state index contributed by atoms with van der Waals surface area (Å²) < 4.78 is 6.95. The largest absolute Gasteiger partial charge is 0.461 e. The van der Waals surface area contributed by atoms with Crippen LogP contribution in [0.2, 0.25) is 5.02 Å². The van der Waals surface area contributed by atoms with Crippen LogP contribution in [-0.2, 0) is 4.74 Å². The van der Waals surface area contributed by atoms with Crippen LogP contribution in [0.15, 0.2) is 24.5 Å². The number of ether oxygens (including phenoxy) is 1. The molecule has 4 nitrogen and oxygen atoms in total. The Morgan fingerprint density at radius 1 is 1.55 bits per heavy atom. The molecule has 1 aromatic heterocycles. The molecule has 3 rings (SSSR count). The number of esters is 1. The lowest BCUT2D eigenvalue weighted by molar-refractivity contribution is 0.0518. The summed E-state index contributed by atoms with van der Waals surface area (Å²) in [6, 6.07) is 5.80. The van der Waals surface area contributed by atoms with Gasteiger partial charge in [-0.2, -0.15) is 0 Å². The van der Waals surface area contributed by atoms with E-state index >= 15 is 0 Å². The molecule has 0 fully saturated rings. The third kappa shape index (κ3) is 2.11. The molecular weight excluding hydrogens is 296 g/mol. The average Bonchev–Trinajstić information content (AvgIpc) is 2.70. The molecule has 0 spiro atoms. The number of benzene rings is 1. The fourth-order valence-electron chi connectivity index (χ4n) is 2.28. The van der Waals surface area contributed by atoms with Crippen LogP contribution in [0.4, 0.5) is 0 Å². The van der Waals surface area contributed by atoms with Crippen LogP contribution in [0, 0.1) is 6.92 Å². The molecule has 1 atom stereocenters. The summed E-state index contributed by atoms with van der Waals surface area (Å²) in [7, 11) is 0. The summed E-state index contributed by atoms with van der Waals surface area (Å²) in [5, 5.41) is 0.823. The number of rotatable bonds is 3. The first-order chi connectivity index (χ1) is 9.61. The van der Waals surface area contributed by atoms with Crippen molar-refractivity contribution >= 4 is 29.5 Å². The first-order valence-electron chi connectivity index (χ1n) is 6.29. The number of hydrogen-bond donors (Lipinski definition) is 0. The molecule has 6 heteroatoms. The van der Waals surface area contributed by atoms with E-state index in [4.69, 9.17) is 16.3 Å². The van der Waals surface area contributed by atoms with Crippen molar-refractivity contribution in [2.45, 2.75) is 19.1 Å². The lowest BCUT2D eigenvalue weighted by atomic mass is 10.0. The number of aryl methyl sites for hydroxylation is 1. The van der Waals surface area contributed by atoms with Crippen molar-refractivity contribution in [1.82, 2.24) is 8.96 Å². The van der Waals surface area contributed by atoms with Crippen LogP contribution < -0.4 is 0 Å². The highest BCUT2D eigenvalue weighted by molar-refractivity contribution is 7.99. The molecule has 0 saturated heterocycles. The predicted octanol–water partition coefficient (Wildman–Crippen LogP) is 3.62. The van der Waals surface area contributed by atoms with Gasteiger partial charge < -0.3 is 4.74 Å². The molecule has 0 amide bonds. The Labute approximate surface area is 126 Å². The maximum atomic E-state index is 11.9. The third-order valence-corrected chi connectivity index (χ3v) is 4.66. The molecule has 0 bridgehead atoms. The van der Waals surface area contributed by atoms with Crippen LogP contribution >= 0.6 is 23.5 Å². The molecule has 2 aromatic rings. The van der Waals surface area contributed by atoms with Gasteiger partial charge in [-0.25, -0.2) is 9.78 Å². The van der Waals surface area contributed by atoms with Gasteiger partial charge in [-0.05, 0) is 49.1 Å². The molecule has 1 aliphatic heterocycles. The summed E-state index contributed by atoms with van der Waals surface area (Å²) in [5.41, 5.74) is 3.57. The molecule has 2 heterocycles. The summed E-state index contributed by atoms with van der Waals surface area (Å²) in [4.78, 5) is 16.1. The zero-order valence-corrected chi connectivity index (χ0v) is 12.7. The van der Waals surface area contributed by atoms with E-state index in [9.17, 15) is 4.79 Å². The van der Waals surface area contributed by atoms with Crippen LogP contribution in [0.25, 0.3) is 0 Å². The van der Waals surface area contributed by atoms with Gasteiger partial charge in [0.25, 0.3) is 0 Å². The minimum absolute atomic E-state index is 0.106. The van der Waals surface area contributed by atoms with Crippen molar-refractivity contribution < 1.29 is 9.53 Å². The summed E-state index contributed by atoms with van der Waals surface area (Å²) >= 11 is 7.62. The molecule has 0 N–H and O–H groups in total. The second-order valence-electron chi connectivity index (χ2n) is 4.51. The van der Waals surface area contributed by atoms with E-state index in [1.807, 2.05) is 29.1 Å². The van der Waals surface area contributed by atoms with Crippen LogP contribution in [0.5, 0.6) is 0 Å². The maximum absolute atomic E-state index is 11.9. The van der Waals surface area contributed by atoms with Crippen molar-refractivity contribution in [3.63, 3.8) is 0 Å². The Bertz CT molecular complexity index is 684. The number of aromatic nitrogens is 2. The number of hydrogen-bond acceptors (Lipinski definition) is 4. The number of fused-ring (bicyclic) bond motifs is 1. The van der Waals surface area contributed by atoms with Gasteiger partial charge in [0.2, 0.25) is 0 Å². The first kappa shape index (κ1) is 13.5. The Kier molecular flexibility index (Phi) is 3.48. The second kappa shape index (κ2) is 5.14. The Hall–Kier alpha value is -1.46. The summed E-state index contributed by atoms with van der Waals surface area (Å²) in [5.74, 6) is -0.363. The van der Waals surface area contributed by atoms with E-state index < -0.39 is 0 Å². The van der Waals surface area contributed by atoms with Crippen molar-refractivity contribution in [3.05, 3.63) is 52.1 Å². The van der Waals surface area contributed by atoms with E-state index in [1.54, 1.807) is 25.2 Å². The topological polar surface area (TPSA) is 44.1 Å². The van der Waals surface area contributed by atoms with Crippen LogP contribution in [0.1, 0.15) is 39.5 Å². The van der Waals surface area contributed by atoms with Crippen LogP contribution in [-0.4, -0.2) is 21.5 Å². The second-order valence-corrected chi connectivity index (χ2v) is 6.02. The SMILES string of the molecule is CCOC(=O)c1ncn2c1C(c1ccc(Cl)cc1C)S2. The molecule has 0 saturated carbocycles. The summed E-state index contributed by atoms with van der Waals surface area (Å²) in [6.07, 6.45) is 1.66. The smallest absolute Gasteiger partial charge is 0.358 e. The third-order valence-electron chi connectivity index (χ3n) is 3.22. The van der Waals surface area contributed by atoms with Gasteiger partial charge in [-0.1, -0.05) is 17.7 Å². The number of nitrogens with zero attached hydrogens (tertiary/aromatic N) is 2. The lowest BCUT2D eigenvalue weighted by Crippen LogP contribution is -2.19. The fraction of sp³-hybridized carbons (Fsp3) is 0.286. The number of carbonyl (C=O) groups excluding carboxylic acids is 1. The molecule has 1 unspecified atom stereocenters. The monoisotopic (exact) mass is 308 g/mol. The van der Waals surface area contributed by atoms with E-state index in [1.165, 1.54) is 0 Å². The highest BCUT2D eigenvalue weighted by atomic mass is 35.5. The number of imidazole rings is 1. The normalized spacial score (nSPS) is 16.4. The van der Waals surface area contributed by atoms with E-state index in [2.05, 4.69) is 4.98 Å². The zero-order valence-electron chi connectivity index (χ0n) is 11.1. The Balaban J connectivity index is 1.97. The number of halogens is 1. The molecule has 0 radical (unpaired) electrons. The average molecular weight is 309 g/mol. The zero-order chi connectivity index (χ0) is 14.3. The van der Waals surface area contributed by atoms with Gasteiger partial charge in [0.05, 0.1) is 17.6 Å². The molecule has 1 aromatic carbocycles. The standard InChI is InChI=1S/C14H13ClN2O2S/c1-3-19-14(18)11-12-13(20-17(12)7-16-11)10-5-4-9(15)6-8(10)2/h4-7,13H,3H2,1-2H3. The van der Waals surface area contributed by atoms with Gasteiger partial charge in [0, 0.05) is 5.02 Å². The van der Waals surface area contributed by atoms with Crippen molar-refractivity contribution in [2.24, 2.45) is 0 Å². The first-order valence-corrected chi connectivity index (χ1v) is 7.50. The predicted molar refractivity (Wildman–Crippen MR) is 79.2 cm³/mol. The van der Waals surface area contributed by atoms with Gasteiger partial charge in [-0.15, -0.1) is 0 Å². The molecular formula is C14H13ClN2O2S. The minimum atomic E-state index is -0.363.